The lowest BCUT2D eigenvalue weighted by Crippen LogP contribution is -2.17. The molecule has 12 heavy (non-hydrogen) atoms. The first-order valence-electron chi connectivity index (χ1n) is 3.88. The van der Waals surface area contributed by atoms with Gasteiger partial charge in [0.05, 0.1) is 12.5 Å². The van der Waals surface area contributed by atoms with Crippen molar-refractivity contribution in [3.8, 4) is 6.07 Å². The molecule has 3 nitrogen and oxygen atoms in total. The fraction of sp³-hybridized carbons (Fsp3) is 0.444. The fourth-order valence-corrected chi connectivity index (χ4v) is 0.955. The van der Waals surface area contributed by atoms with Gasteiger partial charge in [-0.3, -0.25) is 0 Å². The minimum absolute atomic E-state index is 0.524. The van der Waals surface area contributed by atoms with E-state index < -0.39 is 0 Å². The molecule has 0 fully saturated rings. The number of furan rings is 1. The maximum atomic E-state index is 8.36. The van der Waals surface area contributed by atoms with Crippen molar-refractivity contribution >= 4 is 5.88 Å². The van der Waals surface area contributed by atoms with E-state index in [1.807, 2.05) is 31.0 Å². The van der Waals surface area contributed by atoms with Crippen LogP contribution in [0.15, 0.2) is 16.5 Å². The van der Waals surface area contributed by atoms with Crippen molar-refractivity contribution in [2.75, 3.05) is 18.5 Å². The normalized spacial score (nSPS) is 9.42. The van der Waals surface area contributed by atoms with E-state index in [0.29, 0.717) is 13.0 Å². The Morgan fingerprint density at radius 1 is 1.58 bits per heavy atom. The summed E-state index contributed by atoms with van der Waals surface area (Å²) >= 11 is 0. The highest BCUT2D eigenvalue weighted by atomic mass is 16.4. The van der Waals surface area contributed by atoms with Gasteiger partial charge < -0.3 is 9.32 Å². The second-order valence-corrected chi connectivity index (χ2v) is 2.71. The maximum Gasteiger partial charge on any atom is 0.195 e. The summed E-state index contributed by atoms with van der Waals surface area (Å²) in [5, 5.41) is 8.36. The van der Waals surface area contributed by atoms with Crippen molar-refractivity contribution < 1.29 is 4.42 Å². The number of anilines is 1. The predicted octanol–water partition coefficient (Wildman–Crippen LogP) is 1.94. The highest BCUT2D eigenvalue weighted by Gasteiger charge is 2.03. The Bertz CT molecular complexity index is 285. The van der Waals surface area contributed by atoms with Crippen molar-refractivity contribution in [1.82, 2.24) is 0 Å². The zero-order chi connectivity index (χ0) is 8.97. The number of nitrogens with zero attached hydrogens (tertiary/aromatic N) is 2. The number of nitriles is 1. The summed E-state index contributed by atoms with van der Waals surface area (Å²) in [5.74, 6) is 1.72. The quantitative estimate of drug-likeness (QED) is 0.685. The molecule has 0 aliphatic carbocycles. The second kappa shape index (κ2) is 3.82. The van der Waals surface area contributed by atoms with Crippen molar-refractivity contribution in [1.29, 1.82) is 5.26 Å². The van der Waals surface area contributed by atoms with Gasteiger partial charge in [-0.1, -0.05) is 0 Å². The minimum Gasteiger partial charge on any atom is -0.446 e. The molecule has 0 unspecified atom stereocenters. The summed E-state index contributed by atoms with van der Waals surface area (Å²) in [6.45, 7) is 2.62. The number of hydrogen-bond acceptors (Lipinski definition) is 3. The van der Waals surface area contributed by atoms with Crippen molar-refractivity contribution in [2.24, 2.45) is 0 Å². The fourth-order valence-electron chi connectivity index (χ4n) is 0.955. The molecule has 0 radical (unpaired) electrons. The third-order valence-corrected chi connectivity index (χ3v) is 1.66. The van der Waals surface area contributed by atoms with E-state index in [4.69, 9.17) is 9.68 Å². The molecule has 64 valence electrons. The molecule has 3 heteroatoms. The first kappa shape index (κ1) is 8.66. The van der Waals surface area contributed by atoms with Gasteiger partial charge in [-0.2, -0.15) is 5.26 Å². The molecule has 0 saturated heterocycles. The Hall–Kier alpha value is -1.43. The van der Waals surface area contributed by atoms with Crippen molar-refractivity contribution in [2.45, 2.75) is 13.3 Å². The summed E-state index contributed by atoms with van der Waals surface area (Å²) in [5.41, 5.74) is 0. The van der Waals surface area contributed by atoms with Gasteiger partial charge in [0.25, 0.3) is 0 Å². The first-order valence-corrected chi connectivity index (χ1v) is 3.88. The van der Waals surface area contributed by atoms with Gasteiger partial charge >= 0.3 is 0 Å². The minimum atomic E-state index is 0.524. The molecular weight excluding hydrogens is 152 g/mol. The molecule has 0 atom stereocenters. The first-order chi connectivity index (χ1) is 5.74. The van der Waals surface area contributed by atoms with Gasteiger partial charge in [-0.15, -0.1) is 0 Å². The second-order valence-electron chi connectivity index (χ2n) is 2.71. The van der Waals surface area contributed by atoms with Crippen LogP contribution >= 0.6 is 0 Å². The standard InChI is InChI=1S/C9H12N2O/c1-8-4-5-9(12-8)11(2)7-3-6-10/h4-5H,3,7H2,1-2H3. The highest BCUT2D eigenvalue weighted by molar-refractivity contribution is 5.34. The van der Waals surface area contributed by atoms with Crippen LogP contribution < -0.4 is 4.90 Å². The van der Waals surface area contributed by atoms with Crippen LogP contribution in [0.4, 0.5) is 5.88 Å². The molecule has 0 N–H and O–H groups in total. The van der Waals surface area contributed by atoms with Crippen LogP contribution in [0.1, 0.15) is 12.2 Å². The molecule has 0 aliphatic rings. The topological polar surface area (TPSA) is 40.2 Å². The number of rotatable bonds is 3. The SMILES string of the molecule is Cc1ccc(N(C)CCC#N)o1. The van der Waals surface area contributed by atoms with E-state index in [0.717, 1.165) is 11.6 Å². The van der Waals surface area contributed by atoms with Crippen molar-refractivity contribution in [3.63, 3.8) is 0 Å². The van der Waals surface area contributed by atoms with E-state index in [-0.39, 0.29) is 0 Å². The van der Waals surface area contributed by atoms with Crippen LogP contribution in [0.3, 0.4) is 0 Å². The monoisotopic (exact) mass is 164 g/mol. The summed E-state index contributed by atoms with van der Waals surface area (Å²) in [4.78, 5) is 1.93. The lowest BCUT2D eigenvalue weighted by Gasteiger charge is -2.12. The maximum absolute atomic E-state index is 8.36. The Balaban J connectivity index is 2.54. The Labute approximate surface area is 72.2 Å². The highest BCUT2D eigenvalue weighted by Crippen LogP contribution is 2.15. The third kappa shape index (κ3) is 2.03. The van der Waals surface area contributed by atoms with Gasteiger partial charge in [0.15, 0.2) is 5.88 Å². The van der Waals surface area contributed by atoms with E-state index in [1.54, 1.807) is 0 Å². The van der Waals surface area contributed by atoms with Gasteiger partial charge in [0.1, 0.15) is 5.76 Å². The van der Waals surface area contributed by atoms with E-state index in [1.165, 1.54) is 0 Å². The third-order valence-electron chi connectivity index (χ3n) is 1.66. The van der Waals surface area contributed by atoms with E-state index >= 15 is 0 Å². The molecule has 1 rings (SSSR count). The molecule has 0 spiro atoms. The van der Waals surface area contributed by atoms with E-state index in [9.17, 15) is 0 Å². The molecule has 0 aromatic carbocycles. The molecular formula is C9H12N2O. The number of hydrogen-bond donors (Lipinski definition) is 0. The zero-order valence-corrected chi connectivity index (χ0v) is 7.37. The summed E-state index contributed by atoms with van der Waals surface area (Å²) in [6, 6.07) is 5.92. The van der Waals surface area contributed by atoms with Crippen molar-refractivity contribution in [3.05, 3.63) is 17.9 Å². The number of aryl methyl sites for hydroxylation is 1. The summed E-state index contributed by atoms with van der Waals surface area (Å²) in [6.07, 6.45) is 0.524. The molecule has 1 aromatic heterocycles. The van der Waals surface area contributed by atoms with Crippen LogP contribution in [0, 0.1) is 18.3 Å². The van der Waals surface area contributed by atoms with Crippen LogP contribution in [0.5, 0.6) is 0 Å². The smallest absolute Gasteiger partial charge is 0.195 e. The Morgan fingerprint density at radius 2 is 2.33 bits per heavy atom. The van der Waals surface area contributed by atoms with Gasteiger partial charge in [0, 0.05) is 19.7 Å². The molecule has 0 aliphatic heterocycles. The van der Waals surface area contributed by atoms with Gasteiger partial charge in [-0.25, -0.2) is 0 Å². The van der Waals surface area contributed by atoms with Gasteiger partial charge in [-0.05, 0) is 13.0 Å². The lowest BCUT2D eigenvalue weighted by molar-refractivity contribution is 0.527. The average Bonchev–Trinajstić information content (AvgIpc) is 2.47. The van der Waals surface area contributed by atoms with Crippen LogP contribution in [0.2, 0.25) is 0 Å². The molecule has 1 aromatic rings. The molecule has 0 bridgehead atoms. The van der Waals surface area contributed by atoms with Gasteiger partial charge in [0.2, 0.25) is 0 Å². The predicted molar refractivity (Wildman–Crippen MR) is 46.9 cm³/mol. The Kier molecular flexibility index (Phi) is 2.76. The van der Waals surface area contributed by atoms with E-state index in [2.05, 4.69) is 6.07 Å². The molecule has 1 heterocycles. The average molecular weight is 164 g/mol. The summed E-state index contributed by atoms with van der Waals surface area (Å²) in [7, 11) is 1.91. The molecule has 0 saturated carbocycles. The zero-order valence-electron chi connectivity index (χ0n) is 7.37. The van der Waals surface area contributed by atoms with Crippen LogP contribution in [-0.2, 0) is 0 Å². The Morgan fingerprint density at radius 3 is 2.83 bits per heavy atom. The lowest BCUT2D eigenvalue weighted by atomic mass is 10.4. The molecule has 0 amide bonds. The summed E-state index contributed by atoms with van der Waals surface area (Å²) < 4.78 is 5.36. The largest absolute Gasteiger partial charge is 0.446 e. The van der Waals surface area contributed by atoms with Crippen LogP contribution in [-0.4, -0.2) is 13.6 Å². The van der Waals surface area contributed by atoms with Crippen LogP contribution in [0.25, 0.3) is 0 Å².